The van der Waals surface area contributed by atoms with Gasteiger partial charge in [-0.05, 0) is 31.7 Å². The van der Waals surface area contributed by atoms with Crippen LogP contribution in [-0.2, 0) is 0 Å². The molecular formula is C13H19NO2S. The summed E-state index contributed by atoms with van der Waals surface area (Å²) in [7, 11) is 0. The number of thioether (sulfide) groups is 1. The van der Waals surface area contributed by atoms with Crippen LogP contribution in [-0.4, -0.2) is 29.1 Å². The van der Waals surface area contributed by atoms with E-state index in [1.165, 1.54) is 0 Å². The zero-order valence-corrected chi connectivity index (χ0v) is 11.3. The number of phenolic OH excluding ortho intramolecular Hbond substituents is 1. The summed E-state index contributed by atoms with van der Waals surface area (Å²) in [5.41, 5.74) is 1.17. The van der Waals surface area contributed by atoms with Gasteiger partial charge >= 0.3 is 0 Å². The summed E-state index contributed by atoms with van der Waals surface area (Å²) in [4.78, 5) is 11.9. The first-order valence-electron chi connectivity index (χ1n) is 5.65. The average molecular weight is 253 g/mol. The molecular weight excluding hydrogens is 234 g/mol. The van der Waals surface area contributed by atoms with Gasteiger partial charge in [-0.15, -0.1) is 0 Å². The van der Waals surface area contributed by atoms with E-state index in [-0.39, 0.29) is 11.7 Å². The van der Waals surface area contributed by atoms with E-state index in [1.807, 2.05) is 0 Å². The van der Waals surface area contributed by atoms with Crippen LogP contribution in [0.1, 0.15) is 29.3 Å². The summed E-state index contributed by atoms with van der Waals surface area (Å²) in [6, 6.07) is 4.99. The van der Waals surface area contributed by atoms with Crippen LogP contribution in [0.25, 0.3) is 0 Å². The van der Waals surface area contributed by atoms with Crippen LogP contribution in [0.5, 0.6) is 5.75 Å². The minimum atomic E-state index is -0.119. The van der Waals surface area contributed by atoms with E-state index in [9.17, 15) is 9.90 Å². The average Bonchev–Trinajstić information content (AvgIpc) is 2.32. The summed E-state index contributed by atoms with van der Waals surface area (Å²) in [5, 5.41) is 12.9. The lowest BCUT2D eigenvalue weighted by Gasteiger charge is -2.11. The maximum Gasteiger partial charge on any atom is 0.251 e. The molecule has 0 aliphatic carbocycles. The molecule has 1 rings (SSSR count). The van der Waals surface area contributed by atoms with Crippen LogP contribution < -0.4 is 5.32 Å². The third-order valence-corrected chi connectivity index (χ3v) is 3.83. The quantitative estimate of drug-likeness (QED) is 0.848. The Bertz CT molecular complexity index is 393. The molecule has 1 amide bonds. The molecule has 94 valence electrons. The molecule has 0 aromatic heterocycles. The lowest BCUT2D eigenvalue weighted by Crippen LogP contribution is -2.26. The molecule has 1 aromatic rings. The molecule has 0 fully saturated rings. The van der Waals surface area contributed by atoms with E-state index in [1.54, 1.807) is 36.9 Å². The largest absolute Gasteiger partial charge is 0.508 e. The number of phenols is 1. The van der Waals surface area contributed by atoms with E-state index < -0.39 is 0 Å². The monoisotopic (exact) mass is 253 g/mol. The number of aromatic hydroxyl groups is 1. The van der Waals surface area contributed by atoms with Crippen molar-refractivity contribution in [3.05, 3.63) is 29.3 Å². The zero-order chi connectivity index (χ0) is 12.8. The highest BCUT2D eigenvalue weighted by Gasteiger charge is 2.10. The Labute approximate surface area is 107 Å². The normalized spacial score (nSPS) is 12.2. The SMILES string of the molecule is CSC(C)CCNC(=O)c1cccc(O)c1C. The predicted octanol–water partition coefficient (Wildman–Crippen LogP) is 2.57. The summed E-state index contributed by atoms with van der Waals surface area (Å²) in [5.74, 6) is 0.0434. The van der Waals surface area contributed by atoms with E-state index >= 15 is 0 Å². The van der Waals surface area contributed by atoms with Crippen molar-refractivity contribution in [2.24, 2.45) is 0 Å². The van der Waals surface area contributed by atoms with Gasteiger partial charge in [0.05, 0.1) is 0 Å². The fourth-order valence-electron chi connectivity index (χ4n) is 1.47. The molecule has 0 aliphatic rings. The van der Waals surface area contributed by atoms with E-state index in [4.69, 9.17) is 0 Å². The first kappa shape index (κ1) is 13.9. The van der Waals surface area contributed by atoms with Gasteiger partial charge in [-0.3, -0.25) is 4.79 Å². The van der Waals surface area contributed by atoms with E-state index in [2.05, 4.69) is 18.5 Å². The summed E-state index contributed by atoms with van der Waals surface area (Å²) in [6.07, 6.45) is 3.01. The lowest BCUT2D eigenvalue weighted by atomic mass is 10.1. The highest BCUT2D eigenvalue weighted by Crippen LogP contribution is 2.19. The number of benzene rings is 1. The Morgan fingerprint density at radius 3 is 2.88 bits per heavy atom. The summed E-state index contributed by atoms with van der Waals surface area (Å²) >= 11 is 1.79. The molecule has 1 aromatic carbocycles. The number of nitrogens with one attached hydrogen (secondary N) is 1. The maximum atomic E-state index is 11.9. The topological polar surface area (TPSA) is 49.3 Å². The number of hydrogen-bond acceptors (Lipinski definition) is 3. The van der Waals surface area contributed by atoms with Gasteiger partial charge in [0, 0.05) is 22.9 Å². The van der Waals surface area contributed by atoms with E-state index in [0.717, 1.165) is 6.42 Å². The smallest absolute Gasteiger partial charge is 0.251 e. The second-order valence-electron chi connectivity index (χ2n) is 4.04. The van der Waals surface area contributed by atoms with Crippen molar-refractivity contribution in [2.75, 3.05) is 12.8 Å². The number of carbonyl (C=O) groups excluding carboxylic acids is 1. The van der Waals surface area contributed by atoms with Gasteiger partial charge in [0.25, 0.3) is 5.91 Å². The third-order valence-electron chi connectivity index (χ3n) is 2.79. The van der Waals surface area contributed by atoms with Crippen molar-refractivity contribution >= 4 is 17.7 Å². The van der Waals surface area contributed by atoms with Gasteiger partial charge in [0.2, 0.25) is 0 Å². The molecule has 1 unspecified atom stereocenters. The number of carbonyl (C=O) groups is 1. The molecule has 17 heavy (non-hydrogen) atoms. The Morgan fingerprint density at radius 1 is 1.53 bits per heavy atom. The lowest BCUT2D eigenvalue weighted by molar-refractivity contribution is 0.0952. The molecule has 0 radical (unpaired) electrons. The Balaban J connectivity index is 2.56. The van der Waals surface area contributed by atoms with Crippen molar-refractivity contribution in [1.29, 1.82) is 0 Å². The molecule has 0 heterocycles. The molecule has 0 aliphatic heterocycles. The molecule has 4 heteroatoms. The number of amides is 1. The minimum absolute atomic E-state index is 0.119. The van der Waals surface area contributed by atoms with Crippen LogP contribution >= 0.6 is 11.8 Å². The minimum Gasteiger partial charge on any atom is -0.508 e. The first-order valence-corrected chi connectivity index (χ1v) is 6.94. The van der Waals surface area contributed by atoms with Gasteiger partial charge in [-0.1, -0.05) is 13.0 Å². The van der Waals surface area contributed by atoms with E-state index in [0.29, 0.717) is 22.9 Å². The second kappa shape index (κ2) is 6.55. The molecule has 2 N–H and O–H groups in total. The molecule has 3 nitrogen and oxygen atoms in total. The van der Waals surface area contributed by atoms with Crippen molar-refractivity contribution in [2.45, 2.75) is 25.5 Å². The van der Waals surface area contributed by atoms with Gasteiger partial charge < -0.3 is 10.4 Å². The standard InChI is InChI=1S/C13H19NO2S/c1-9(17-3)7-8-14-13(16)11-5-4-6-12(15)10(11)2/h4-6,9,15H,7-8H2,1-3H3,(H,14,16). The summed E-state index contributed by atoms with van der Waals surface area (Å²) < 4.78 is 0. The Morgan fingerprint density at radius 2 is 2.24 bits per heavy atom. The van der Waals surface area contributed by atoms with Gasteiger partial charge in [-0.25, -0.2) is 0 Å². The zero-order valence-electron chi connectivity index (χ0n) is 10.5. The van der Waals surface area contributed by atoms with Crippen LogP contribution in [0.3, 0.4) is 0 Å². The van der Waals surface area contributed by atoms with Crippen molar-refractivity contribution in [3.63, 3.8) is 0 Å². The molecule has 0 bridgehead atoms. The highest BCUT2D eigenvalue weighted by molar-refractivity contribution is 7.99. The molecule has 0 spiro atoms. The fourth-order valence-corrected chi connectivity index (χ4v) is 1.83. The van der Waals surface area contributed by atoms with Gasteiger partial charge in [0.15, 0.2) is 0 Å². The van der Waals surface area contributed by atoms with Gasteiger partial charge in [0.1, 0.15) is 5.75 Å². The maximum absolute atomic E-state index is 11.9. The Kier molecular flexibility index (Phi) is 5.35. The molecule has 0 saturated heterocycles. The number of hydrogen-bond donors (Lipinski definition) is 2. The highest BCUT2D eigenvalue weighted by atomic mass is 32.2. The molecule has 1 atom stereocenters. The first-order chi connectivity index (χ1) is 8.06. The predicted molar refractivity (Wildman–Crippen MR) is 72.8 cm³/mol. The van der Waals surface area contributed by atoms with Crippen molar-refractivity contribution in [3.8, 4) is 5.75 Å². The molecule has 0 saturated carbocycles. The third kappa shape index (κ3) is 3.97. The number of rotatable bonds is 5. The second-order valence-corrected chi connectivity index (χ2v) is 5.32. The van der Waals surface area contributed by atoms with Crippen molar-refractivity contribution in [1.82, 2.24) is 5.32 Å². The van der Waals surface area contributed by atoms with Crippen LogP contribution in [0.4, 0.5) is 0 Å². The van der Waals surface area contributed by atoms with Crippen molar-refractivity contribution < 1.29 is 9.90 Å². The fraction of sp³-hybridized carbons (Fsp3) is 0.462. The van der Waals surface area contributed by atoms with Crippen LogP contribution in [0.15, 0.2) is 18.2 Å². The van der Waals surface area contributed by atoms with Crippen LogP contribution in [0.2, 0.25) is 0 Å². The van der Waals surface area contributed by atoms with Gasteiger partial charge in [-0.2, -0.15) is 11.8 Å². The van der Waals surface area contributed by atoms with Crippen LogP contribution in [0, 0.1) is 6.92 Å². The summed E-state index contributed by atoms with van der Waals surface area (Å²) in [6.45, 7) is 4.54. The Hall–Kier alpha value is -1.16.